The first-order valence-corrected chi connectivity index (χ1v) is 5.59. The van der Waals surface area contributed by atoms with Gasteiger partial charge in [0.2, 0.25) is 0 Å². The Balaban J connectivity index is 2.70. The first-order valence-electron chi connectivity index (χ1n) is 4.80. The summed E-state index contributed by atoms with van der Waals surface area (Å²) in [5.74, 6) is -0.0858. The summed E-state index contributed by atoms with van der Waals surface area (Å²) < 4.78 is 42.9. The molecule has 2 rings (SSSR count). The molecule has 0 aliphatic rings. The smallest absolute Gasteiger partial charge is 0.421 e. The molecule has 92 valence electrons. The van der Waals surface area contributed by atoms with E-state index in [9.17, 15) is 13.2 Å². The van der Waals surface area contributed by atoms with Crippen LogP contribution in [0.5, 0.6) is 0 Å². The average Bonchev–Trinajstić information content (AvgIpc) is 2.67. The lowest BCUT2D eigenvalue weighted by atomic mass is 10.1. The molecular formula is C12H5BrF3NO. The van der Waals surface area contributed by atoms with Crippen LogP contribution >= 0.6 is 15.9 Å². The molecule has 0 amide bonds. The molecule has 1 heterocycles. The van der Waals surface area contributed by atoms with Crippen molar-refractivity contribution in [3.8, 4) is 17.4 Å². The van der Waals surface area contributed by atoms with Gasteiger partial charge in [0.25, 0.3) is 0 Å². The zero-order chi connectivity index (χ0) is 13.3. The summed E-state index contributed by atoms with van der Waals surface area (Å²) in [6, 6.07) is 9.72. The van der Waals surface area contributed by atoms with Gasteiger partial charge in [-0.1, -0.05) is 30.3 Å². The molecule has 0 atom stereocenters. The second-order valence-corrected chi connectivity index (χ2v) is 4.15. The normalized spacial score (nSPS) is 11.3. The van der Waals surface area contributed by atoms with Gasteiger partial charge in [-0.2, -0.15) is 18.4 Å². The van der Waals surface area contributed by atoms with Crippen molar-refractivity contribution in [2.45, 2.75) is 6.18 Å². The van der Waals surface area contributed by atoms with Gasteiger partial charge < -0.3 is 4.42 Å². The lowest BCUT2D eigenvalue weighted by Crippen LogP contribution is -2.06. The lowest BCUT2D eigenvalue weighted by Gasteiger charge is -2.03. The Kier molecular flexibility index (Phi) is 3.18. The van der Waals surface area contributed by atoms with Gasteiger partial charge in [0, 0.05) is 5.56 Å². The van der Waals surface area contributed by atoms with E-state index in [0.29, 0.717) is 5.56 Å². The van der Waals surface area contributed by atoms with Crippen molar-refractivity contribution in [2.75, 3.05) is 0 Å². The molecule has 0 aliphatic heterocycles. The van der Waals surface area contributed by atoms with Gasteiger partial charge >= 0.3 is 6.18 Å². The Morgan fingerprint density at radius 1 is 1.17 bits per heavy atom. The van der Waals surface area contributed by atoms with Crippen LogP contribution < -0.4 is 0 Å². The molecule has 0 fully saturated rings. The largest absolute Gasteiger partial charge is 0.447 e. The fourth-order valence-corrected chi connectivity index (χ4v) is 2.14. The van der Waals surface area contributed by atoms with Gasteiger partial charge in [0.15, 0.2) is 10.4 Å². The molecule has 0 saturated carbocycles. The van der Waals surface area contributed by atoms with Gasteiger partial charge in [-0.3, -0.25) is 0 Å². The number of alkyl halides is 3. The number of nitrogens with zero attached hydrogens (tertiary/aromatic N) is 1. The zero-order valence-electron chi connectivity index (χ0n) is 8.75. The van der Waals surface area contributed by atoms with Crippen LogP contribution in [0.15, 0.2) is 39.4 Å². The monoisotopic (exact) mass is 315 g/mol. The maximum atomic E-state index is 12.8. The van der Waals surface area contributed by atoms with E-state index >= 15 is 0 Å². The Labute approximate surface area is 109 Å². The maximum Gasteiger partial charge on any atom is 0.421 e. The highest BCUT2D eigenvalue weighted by molar-refractivity contribution is 9.10. The van der Waals surface area contributed by atoms with Crippen LogP contribution in [-0.2, 0) is 6.18 Å². The van der Waals surface area contributed by atoms with Crippen molar-refractivity contribution in [2.24, 2.45) is 0 Å². The van der Waals surface area contributed by atoms with E-state index in [-0.39, 0.29) is 5.76 Å². The Hall–Kier alpha value is -1.74. The van der Waals surface area contributed by atoms with Crippen LogP contribution in [0.3, 0.4) is 0 Å². The van der Waals surface area contributed by atoms with E-state index in [0.717, 1.165) is 0 Å². The Morgan fingerprint density at radius 2 is 1.78 bits per heavy atom. The van der Waals surface area contributed by atoms with Crippen molar-refractivity contribution in [3.05, 3.63) is 46.1 Å². The molecule has 0 unspecified atom stereocenters. The maximum absolute atomic E-state index is 12.8. The van der Waals surface area contributed by atoms with E-state index in [2.05, 4.69) is 15.9 Å². The van der Waals surface area contributed by atoms with Crippen molar-refractivity contribution in [1.29, 1.82) is 5.26 Å². The second-order valence-electron chi connectivity index (χ2n) is 3.43. The molecular weight excluding hydrogens is 311 g/mol. The third-order valence-corrected chi connectivity index (χ3v) is 2.85. The number of hydrogen-bond acceptors (Lipinski definition) is 2. The van der Waals surface area contributed by atoms with E-state index in [1.54, 1.807) is 36.4 Å². The SMILES string of the molecule is N#Cc1c(-c2ccccc2)oc(Br)c1C(F)(F)F. The van der Waals surface area contributed by atoms with E-state index < -0.39 is 22.0 Å². The number of furan rings is 1. The standard InChI is InChI=1S/C12H5BrF3NO/c13-11-9(12(14,15)16)8(6-17)10(18-11)7-4-2-1-3-5-7/h1-5H. The molecule has 0 N–H and O–H groups in total. The highest BCUT2D eigenvalue weighted by Gasteiger charge is 2.40. The minimum Gasteiger partial charge on any atom is -0.447 e. The third kappa shape index (κ3) is 2.14. The summed E-state index contributed by atoms with van der Waals surface area (Å²) in [7, 11) is 0. The molecule has 0 saturated heterocycles. The van der Waals surface area contributed by atoms with E-state index in [1.807, 2.05) is 0 Å². The summed E-state index contributed by atoms with van der Waals surface area (Å²) in [6.07, 6.45) is -4.64. The van der Waals surface area contributed by atoms with Crippen LogP contribution in [0.1, 0.15) is 11.1 Å². The summed E-state index contributed by atoms with van der Waals surface area (Å²) in [5.41, 5.74) is -1.17. The number of hydrogen-bond donors (Lipinski definition) is 0. The first kappa shape index (κ1) is 12.7. The molecule has 0 aliphatic carbocycles. The van der Waals surface area contributed by atoms with Gasteiger partial charge in [-0.15, -0.1) is 0 Å². The summed E-state index contributed by atoms with van der Waals surface area (Å²) >= 11 is 2.70. The average molecular weight is 316 g/mol. The van der Waals surface area contributed by atoms with E-state index in [1.165, 1.54) is 0 Å². The predicted octanol–water partition coefficient (Wildman–Crippen LogP) is 4.60. The van der Waals surface area contributed by atoms with Gasteiger partial charge in [-0.25, -0.2) is 0 Å². The molecule has 1 aromatic heterocycles. The van der Waals surface area contributed by atoms with Crippen molar-refractivity contribution >= 4 is 15.9 Å². The highest BCUT2D eigenvalue weighted by atomic mass is 79.9. The topological polar surface area (TPSA) is 36.9 Å². The number of halogens is 4. The molecule has 2 aromatic rings. The summed E-state index contributed by atoms with van der Waals surface area (Å²) in [5, 5.41) is 8.91. The number of benzene rings is 1. The third-order valence-electron chi connectivity index (χ3n) is 2.30. The predicted molar refractivity (Wildman–Crippen MR) is 61.6 cm³/mol. The van der Waals surface area contributed by atoms with Gasteiger partial charge in [-0.05, 0) is 15.9 Å². The summed E-state index contributed by atoms with van der Waals surface area (Å²) in [6.45, 7) is 0. The second kappa shape index (κ2) is 4.50. The minimum atomic E-state index is -4.64. The van der Waals surface area contributed by atoms with Gasteiger partial charge in [0.1, 0.15) is 17.2 Å². The van der Waals surface area contributed by atoms with Crippen LogP contribution in [0, 0.1) is 11.3 Å². The van der Waals surface area contributed by atoms with Crippen molar-refractivity contribution < 1.29 is 17.6 Å². The lowest BCUT2D eigenvalue weighted by molar-refractivity contribution is -0.138. The number of nitriles is 1. The quantitative estimate of drug-likeness (QED) is 0.771. The highest BCUT2D eigenvalue weighted by Crippen LogP contribution is 2.43. The van der Waals surface area contributed by atoms with Crippen molar-refractivity contribution in [1.82, 2.24) is 0 Å². The molecule has 0 bridgehead atoms. The molecule has 0 radical (unpaired) electrons. The number of rotatable bonds is 1. The fourth-order valence-electron chi connectivity index (χ4n) is 1.56. The Bertz CT molecular complexity index is 611. The minimum absolute atomic E-state index is 0.0858. The first-order chi connectivity index (χ1) is 8.45. The molecule has 0 spiro atoms. The zero-order valence-corrected chi connectivity index (χ0v) is 10.3. The molecule has 2 nitrogen and oxygen atoms in total. The van der Waals surface area contributed by atoms with Crippen LogP contribution in [0.2, 0.25) is 0 Å². The van der Waals surface area contributed by atoms with E-state index in [4.69, 9.17) is 9.68 Å². The molecule has 1 aromatic carbocycles. The van der Waals surface area contributed by atoms with Crippen molar-refractivity contribution in [3.63, 3.8) is 0 Å². The fraction of sp³-hybridized carbons (Fsp3) is 0.0833. The summed E-state index contributed by atoms with van der Waals surface area (Å²) in [4.78, 5) is 0. The molecule has 18 heavy (non-hydrogen) atoms. The van der Waals surface area contributed by atoms with Crippen LogP contribution in [0.25, 0.3) is 11.3 Å². The molecule has 6 heteroatoms. The van der Waals surface area contributed by atoms with Crippen LogP contribution in [0.4, 0.5) is 13.2 Å². The van der Waals surface area contributed by atoms with Gasteiger partial charge in [0.05, 0.1) is 0 Å². The van der Waals surface area contributed by atoms with Crippen LogP contribution in [-0.4, -0.2) is 0 Å². The Morgan fingerprint density at radius 3 is 2.28 bits per heavy atom.